The third-order valence-electron chi connectivity index (χ3n) is 7.60. The van der Waals surface area contributed by atoms with E-state index in [0.717, 1.165) is 21.9 Å². The Labute approximate surface area is 284 Å². The standard InChI is InChI=1S/C34H31FN6O5S2/c1-44-25-12-6-21(7-13-25)29-18-28(30-5-4-14-47-30)39-41(29)32(42)20-48-34-38-37-31(40(34)24-10-8-23(35)9-11-24)19-36-33(43)22-15-26(45-2)17-27(16-22)46-3/h4-17,29H,18-20H2,1-3H3,(H,36,43)/t29-/m0/s1. The maximum Gasteiger partial charge on any atom is 0.253 e. The summed E-state index contributed by atoms with van der Waals surface area (Å²) in [6, 6.07) is 22.0. The van der Waals surface area contributed by atoms with E-state index in [1.54, 1.807) is 53.3 Å². The van der Waals surface area contributed by atoms with Crippen molar-refractivity contribution in [1.82, 2.24) is 25.1 Å². The number of carbonyl (C=O) groups excluding carboxylic acids is 2. The Kier molecular flexibility index (Phi) is 10.0. The number of hydrogen-bond acceptors (Lipinski definition) is 10. The van der Waals surface area contributed by atoms with Crippen LogP contribution in [-0.2, 0) is 11.3 Å². The molecule has 246 valence electrons. The molecule has 1 atom stereocenters. The highest BCUT2D eigenvalue weighted by atomic mass is 32.2. The van der Waals surface area contributed by atoms with E-state index in [0.29, 0.717) is 40.2 Å². The summed E-state index contributed by atoms with van der Waals surface area (Å²) in [5.74, 6) is 1.04. The molecule has 0 bridgehead atoms. The second-order valence-corrected chi connectivity index (χ2v) is 12.4. The number of halogens is 1. The molecule has 1 N–H and O–H groups in total. The Morgan fingerprint density at radius 1 is 0.938 bits per heavy atom. The maximum atomic E-state index is 13.9. The first kappa shape index (κ1) is 32.7. The van der Waals surface area contributed by atoms with Gasteiger partial charge in [-0.15, -0.1) is 21.5 Å². The van der Waals surface area contributed by atoms with Crippen molar-refractivity contribution in [2.45, 2.75) is 24.2 Å². The molecule has 2 amide bonds. The minimum absolute atomic E-state index is 0.00260. The van der Waals surface area contributed by atoms with Gasteiger partial charge in [0.1, 0.15) is 23.1 Å². The third-order valence-corrected chi connectivity index (χ3v) is 9.44. The number of amides is 2. The number of methoxy groups -OCH3 is 3. The van der Waals surface area contributed by atoms with Gasteiger partial charge >= 0.3 is 0 Å². The minimum atomic E-state index is -0.406. The molecule has 1 aliphatic rings. The number of ether oxygens (including phenoxy) is 3. The Bertz CT molecular complexity index is 1910. The van der Waals surface area contributed by atoms with Gasteiger partial charge < -0.3 is 19.5 Å². The SMILES string of the molecule is COc1ccc([C@@H]2CC(c3cccs3)=NN2C(=O)CSc2nnc(CNC(=O)c3cc(OC)cc(OC)c3)n2-c2ccc(F)cc2)cc1. The van der Waals surface area contributed by atoms with Crippen molar-refractivity contribution in [2.24, 2.45) is 5.10 Å². The van der Waals surface area contributed by atoms with Crippen molar-refractivity contribution in [1.29, 1.82) is 0 Å². The fourth-order valence-corrected chi connectivity index (χ4v) is 6.71. The highest BCUT2D eigenvalue weighted by molar-refractivity contribution is 7.99. The monoisotopic (exact) mass is 686 g/mol. The van der Waals surface area contributed by atoms with Gasteiger partial charge in [0.2, 0.25) is 0 Å². The average Bonchev–Trinajstić information content (AvgIpc) is 3.90. The van der Waals surface area contributed by atoms with Gasteiger partial charge in [-0.25, -0.2) is 9.40 Å². The molecule has 0 aliphatic carbocycles. The van der Waals surface area contributed by atoms with Crippen LogP contribution < -0.4 is 19.5 Å². The molecule has 2 aromatic heterocycles. The zero-order valence-corrected chi connectivity index (χ0v) is 27.9. The molecule has 11 nitrogen and oxygen atoms in total. The number of nitrogens with one attached hydrogen (secondary N) is 1. The lowest BCUT2D eigenvalue weighted by Crippen LogP contribution is -2.28. The summed E-state index contributed by atoms with van der Waals surface area (Å²) < 4.78 is 31.5. The number of carbonyl (C=O) groups is 2. The normalized spacial score (nSPS) is 14.0. The molecule has 0 radical (unpaired) electrons. The van der Waals surface area contributed by atoms with Crippen LogP contribution >= 0.6 is 23.1 Å². The second kappa shape index (κ2) is 14.7. The number of hydrogen-bond donors (Lipinski definition) is 1. The molecule has 3 heterocycles. The van der Waals surface area contributed by atoms with Crippen molar-refractivity contribution >= 4 is 40.6 Å². The Hall–Kier alpha value is -5.21. The van der Waals surface area contributed by atoms with Crippen LogP contribution in [-0.4, -0.2) is 64.4 Å². The van der Waals surface area contributed by atoms with Crippen LogP contribution in [0.3, 0.4) is 0 Å². The lowest BCUT2D eigenvalue weighted by molar-refractivity contribution is -0.130. The van der Waals surface area contributed by atoms with Gasteiger partial charge in [-0.1, -0.05) is 30.0 Å². The van der Waals surface area contributed by atoms with E-state index in [1.807, 2.05) is 41.8 Å². The number of rotatable bonds is 12. The molecular formula is C34H31FN6O5S2. The quantitative estimate of drug-likeness (QED) is 0.161. The van der Waals surface area contributed by atoms with Crippen LogP contribution in [0, 0.1) is 5.82 Å². The van der Waals surface area contributed by atoms with Gasteiger partial charge in [0.05, 0.1) is 50.3 Å². The number of benzene rings is 3. The molecular weight excluding hydrogens is 656 g/mol. The van der Waals surface area contributed by atoms with E-state index in [-0.39, 0.29) is 30.2 Å². The Morgan fingerprint density at radius 3 is 2.29 bits per heavy atom. The van der Waals surface area contributed by atoms with Gasteiger partial charge in [0, 0.05) is 23.7 Å². The van der Waals surface area contributed by atoms with E-state index in [2.05, 4.69) is 15.5 Å². The fraction of sp³-hybridized carbons (Fsp3) is 0.206. The molecule has 1 aliphatic heterocycles. The van der Waals surface area contributed by atoms with Crippen LogP contribution in [0.25, 0.3) is 5.69 Å². The molecule has 0 saturated carbocycles. The van der Waals surface area contributed by atoms with Gasteiger partial charge in [0.25, 0.3) is 11.8 Å². The Balaban J connectivity index is 1.23. The van der Waals surface area contributed by atoms with E-state index >= 15 is 0 Å². The van der Waals surface area contributed by atoms with Crippen molar-refractivity contribution in [3.63, 3.8) is 0 Å². The van der Waals surface area contributed by atoms with Gasteiger partial charge in [-0.05, 0) is 65.5 Å². The average molecular weight is 687 g/mol. The van der Waals surface area contributed by atoms with Crippen molar-refractivity contribution in [3.05, 3.63) is 112 Å². The van der Waals surface area contributed by atoms with Gasteiger partial charge in [0.15, 0.2) is 11.0 Å². The first-order valence-corrected chi connectivity index (χ1v) is 16.6. The van der Waals surface area contributed by atoms with Crippen molar-refractivity contribution < 1.29 is 28.2 Å². The molecule has 0 saturated heterocycles. The molecule has 0 fully saturated rings. The fourth-order valence-electron chi connectivity index (χ4n) is 5.17. The van der Waals surface area contributed by atoms with Crippen LogP contribution in [0.4, 0.5) is 4.39 Å². The number of nitrogens with zero attached hydrogens (tertiary/aromatic N) is 5. The number of aromatic nitrogens is 3. The Morgan fingerprint density at radius 2 is 1.65 bits per heavy atom. The predicted molar refractivity (Wildman–Crippen MR) is 181 cm³/mol. The summed E-state index contributed by atoms with van der Waals surface area (Å²) in [6.07, 6.45) is 0.567. The summed E-state index contributed by atoms with van der Waals surface area (Å²) >= 11 is 2.75. The van der Waals surface area contributed by atoms with E-state index in [4.69, 9.17) is 19.3 Å². The summed E-state index contributed by atoms with van der Waals surface area (Å²) in [5.41, 5.74) is 2.67. The van der Waals surface area contributed by atoms with Crippen LogP contribution in [0.15, 0.2) is 94.5 Å². The highest BCUT2D eigenvalue weighted by Crippen LogP contribution is 2.35. The van der Waals surface area contributed by atoms with Gasteiger partial charge in [-0.2, -0.15) is 5.10 Å². The molecule has 48 heavy (non-hydrogen) atoms. The largest absolute Gasteiger partial charge is 0.497 e. The van der Waals surface area contributed by atoms with Crippen LogP contribution in [0.1, 0.15) is 39.1 Å². The molecule has 14 heteroatoms. The molecule has 0 unspecified atom stereocenters. The van der Waals surface area contributed by atoms with Crippen LogP contribution in [0.5, 0.6) is 17.2 Å². The van der Waals surface area contributed by atoms with Gasteiger partial charge in [-0.3, -0.25) is 14.2 Å². The second-order valence-electron chi connectivity index (χ2n) is 10.5. The maximum absolute atomic E-state index is 13.9. The topological polar surface area (TPSA) is 120 Å². The first-order valence-electron chi connectivity index (χ1n) is 14.8. The number of thiophene rings is 1. The van der Waals surface area contributed by atoms with E-state index < -0.39 is 5.82 Å². The third kappa shape index (κ3) is 7.19. The van der Waals surface area contributed by atoms with Crippen molar-refractivity contribution in [2.75, 3.05) is 27.1 Å². The first-order chi connectivity index (χ1) is 23.4. The predicted octanol–water partition coefficient (Wildman–Crippen LogP) is 5.89. The highest BCUT2D eigenvalue weighted by Gasteiger charge is 2.34. The molecule has 5 aromatic rings. The molecule has 0 spiro atoms. The van der Waals surface area contributed by atoms with Crippen molar-refractivity contribution in [3.8, 4) is 22.9 Å². The lowest BCUT2D eigenvalue weighted by atomic mass is 10.0. The van der Waals surface area contributed by atoms with Crippen LogP contribution in [0.2, 0.25) is 0 Å². The number of thioether (sulfide) groups is 1. The van der Waals surface area contributed by atoms with E-state index in [1.165, 1.54) is 43.1 Å². The van der Waals surface area contributed by atoms with E-state index in [9.17, 15) is 14.0 Å². The zero-order chi connectivity index (χ0) is 33.6. The molecule has 6 rings (SSSR count). The minimum Gasteiger partial charge on any atom is -0.497 e. The number of hydrazone groups is 1. The summed E-state index contributed by atoms with van der Waals surface area (Å²) in [4.78, 5) is 27.9. The summed E-state index contributed by atoms with van der Waals surface area (Å²) in [7, 11) is 4.62. The summed E-state index contributed by atoms with van der Waals surface area (Å²) in [6.45, 7) is -0.00260. The molecule has 3 aromatic carbocycles. The summed E-state index contributed by atoms with van der Waals surface area (Å²) in [5, 5.41) is 20.2. The smallest absolute Gasteiger partial charge is 0.253 e. The zero-order valence-electron chi connectivity index (χ0n) is 26.3. The lowest BCUT2D eigenvalue weighted by Gasteiger charge is -2.22.